The van der Waals surface area contributed by atoms with E-state index in [4.69, 9.17) is 15.2 Å². The number of nitrogens with two attached hydrogens (primary N) is 1. The summed E-state index contributed by atoms with van der Waals surface area (Å²) in [4.78, 5) is 12.6. The third-order valence-corrected chi connectivity index (χ3v) is 3.70. The smallest absolute Gasteiger partial charge is 0.252 e. The van der Waals surface area contributed by atoms with E-state index in [1.165, 1.54) is 0 Å². The van der Waals surface area contributed by atoms with Gasteiger partial charge in [0.25, 0.3) is 5.91 Å². The average molecular weight is 308 g/mol. The van der Waals surface area contributed by atoms with Gasteiger partial charge in [0, 0.05) is 17.6 Å². The average Bonchev–Trinajstić information content (AvgIpc) is 2.45. The fraction of sp³-hybridized carbons (Fsp3) is 0.588. The zero-order valence-electron chi connectivity index (χ0n) is 14.4. The summed E-state index contributed by atoms with van der Waals surface area (Å²) >= 11 is 0. The number of hydrogen-bond acceptors (Lipinski definition) is 4. The maximum atomic E-state index is 12.6. The van der Waals surface area contributed by atoms with E-state index < -0.39 is 5.54 Å². The number of carbonyl (C=O) groups excluding carboxylic acids is 1. The molecule has 5 heteroatoms. The summed E-state index contributed by atoms with van der Waals surface area (Å²) in [6, 6.07) is 3.51. The van der Waals surface area contributed by atoms with Crippen LogP contribution in [0, 0.1) is 12.8 Å². The molecule has 1 aromatic rings. The fourth-order valence-electron chi connectivity index (χ4n) is 2.65. The Morgan fingerprint density at radius 2 is 1.82 bits per heavy atom. The predicted octanol–water partition coefficient (Wildman–Crippen LogP) is 2.51. The summed E-state index contributed by atoms with van der Waals surface area (Å²) in [7, 11) is 3.13. The number of rotatable bonds is 7. The molecule has 0 fully saturated rings. The molecule has 0 heterocycles. The lowest BCUT2D eigenvalue weighted by Crippen LogP contribution is -2.52. The third-order valence-electron chi connectivity index (χ3n) is 3.70. The highest BCUT2D eigenvalue weighted by Crippen LogP contribution is 2.30. The summed E-state index contributed by atoms with van der Waals surface area (Å²) in [6.45, 7) is 8.47. The second-order valence-electron chi connectivity index (χ2n) is 6.34. The van der Waals surface area contributed by atoms with Crippen molar-refractivity contribution in [3.63, 3.8) is 0 Å². The minimum Gasteiger partial charge on any atom is -0.493 e. The first kappa shape index (κ1) is 18.3. The molecule has 22 heavy (non-hydrogen) atoms. The number of methoxy groups -OCH3 is 2. The first-order valence-corrected chi connectivity index (χ1v) is 7.51. The number of hydrogen-bond donors (Lipinski definition) is 2. The van der Waals surface area contributed by atoms with Crippen LogP contribution in [0.2, 0.25) is 0 Å². The van der Waals surface area contributed by atoms with Crippen LogP contribution in [0.4, 0.5) is 0 Å². The summed E-state index contributed by atoms with van der Waals surface area (Å²) in [5.41, 5.74) is 6.84. The molecule has 0 saturated carbocycles. The van der Waals surface area contributed by atoms with E-state index >= 15 is 0 Å². The van der Waals surface area contributed by atoms with Gasteiger partial charge in [0.1, 0.15) is 0 Å². The van der Waals surface area contributed by atoms with Gasteiger partial charge in [-0.05, 0) is 43.9 Å². The number of amides is 1. The second-order valence-corrected chi connectivity index (χ2v) is 6.34. The molecule has 1 amide bonds. The van der Waals surface area contributed by atoms with Gasteiger partial charge >= 0.3 is 0 Å². The Labute approximate surface area is 133 Å². The van der Waals surface area contributed by atoms with Crippen molar-refractivity contribution in [2.24, 2.45) is 11.7 Å². The van der Waals surface area contributed by atoms with Crippen molar-refractivity contribution >= 4 is 5.91 Å². The zero-order chi connectivity index (χ0) is 16.9. The molecular formula is C17H28N2O3. The molecule has 0 aliphatic heterocycles. The minimum atomic E-state index is -0.426. The van der Waals surface area contributed by atoms with Gasteiger partial charge in [-0.15, -0.1) is 0 Å². The maximum absolute atomic E-state index is 12.6. The summed E-state index contributed by atoms with van der Waals surface area (Å²) in [6.07, 6.45) is 0.821. The molecule has 3 N–H and O–H groups in total. The van der Waals surface area contributed by atoms with Crippen LogP contribution in [0.1, 0.15) is 43.1 Å². The standard InChI is InChI=1S/C17H28N2O3/c1-11(2)9-17(4,10-18)19-16(20)13-8-15(22-6)14(21-5)7-12(13)3/h7-8,11H,9-10,18H2,1-6H3,(H,19,20). The molecule has 0 radical (unpaired) electrons. The van der Waals surface area contributed by atoms with E-state index in [2.05, 4.69) is 19.2 Å². The molecule has 1 atom stereocenters. The number of benzene rings is 1. The van der Waals surface area contributed by atoms with Crippen molar-refractivity contribution < 1.29 is 14.3 Å². The zero-order valence-corrected chi connectivity index (χ0v) is 14.4. The predicted molar refractivity (Wildman–Crippen MR) is 88.7 cm³/mol. The molecule has 5 nitrogen and oxygen atoms in total. The van der Waals surface area contributed by atoms with Crippen LogP contribution >= 0.6 is 0 Å². The molecular weight excluding hydrogens is 280 g/mol. The van der Waals surface area contributed by atoms with E-state index in [9.17, 15) is 4.79 Å². The van der Waals surface area contributed by atoms with Crippen LogP contribution in [-0.4, -0.2) is 32.2 Å². The molecule has 0 aliphatic carbocycles. The van der Waals surface area contributed by atoms with Crippen LogP contribution in [0.5, 0.6) is 11.5 Å². The molecule has 124 valence electrons. The highest BCUT2D eigenvalue weighted by atomic mass is 16.5. The number of ether oxygens (including phenoxy) is 2. The van der Waals surface area contributed by atoms with Gasteiger partial charge in [0.05, 0.1) is 14.2 Å². The summed E-state index contributed by atoms with van der Waals surface area (Å²) < 4.78 is 10.5. The summed E-state index contributed by atoms with van der Waals surface area (Å²) in [5, 5.41) is 3.06. The van der Waals surface area contributed by atoms with Crippen molar-refractivity contribution in [3.05, 3.63) is 23.3 Å². The third kappa shape index (κ3) is 4.37. The van der Waals surface area contributed by atoms with Gasteiger partial charge in [0.2, 0.25) is 0 Å². The van der Waals surface area contributed by atoms with E-state index in [1.54, 1.807) is 26.4 Å². The summed E-state index contributed by atoms with van der Waals surface area (Å²) in [5.74, 6) is 1.45. The van der Waals surface area contributed by atoms with Crippen molar-refractivity contribution in [2.75, 3.05) is 20.8 Å². The van der Waals surface area contributed by atoms with Gasteiger partial charge in [-0.1, -0.05) is 13.8 Å². The molecule has 1 rings (SSSR count). The lowest BCUT2D eigenvalue weighted by Gasteiger charge is -2.31. The van der Waals surface area contributed by atoms with Crippen molar-refractivity contribution in [1.82, 2.24) is 5.32 Å². The molecule has 1 unspecified atom stereocenters. The monoisotopic (exact) mass is 308 g/mol. The Hall–Kier alpha value is -1.75. The molecule has 0 aromatic heterocycles. The number of nitrogens with one attached hydrogen (secondary N) is 1. The normalized spacial score (nSPS) is 13.6. The lowest BCUT2D eigenvalue weighted by molar-refractivity contribution is 0.0897. The highest BCUT2D eigenvalue weighted by molar-refractivity contribution is 5.96. The van der Waals surface area contributed by atoms with E-state index in [-0.39, 0.29) is 5.91 Å². The van der Waals surface area contributed by atoms with E-state index in [1.807, 2.05) is 13.8 Å². The quantitative estimate of drug-likeness (QED) is 0.811. The van der Waals surface area contributed by atoms with Crippen molar-refractivity contribution in [1.29, 1.82) is 0 Å². The van der Waals surface area contributed by atoms with Crippen LogP contribution in [-0.2, 0) is 0 Å². The van der Waals surface area contributed by atoms with Crippen LogP contribution in [0.15, 0.2) is 12.1 Å². The Balaban J connectivity index is 3.07. The van der Waals surface area contributed by atoms with Gasteiger partial charge in [0.15, 0.2) is 11.5 Å². The Kier molecular flexibility index (Phi) is 6.23. The van der Waals surface area contributed by atoms with Gasteiger partial charge < -0.3 is 20.5 Å². The van der Waals surface area contributed by atoms with Crippen molar-refractivity contribution in [3.8, 4) is 11.5 Å². The van der Waals surface area contributed by atoms with Gasteiger partial charge in [-0.25, -0.2) is 0 Å². The topological polar surface area (TPSA) is 73.6 Å². The van der Waals surface area contributed by atoms with Crippen molar-refractivity contribution in [2.45, 2.75) is 39.7 Å². The van der Waals surface area contributed by atoms with Crippen LogP contribution in [0.3, 0.4) is 0 Å². The SMILES string of the molecule is COc1cc(C)c(C(=O)NC(C)(CN)CC(C)C)cc1OC. The van der Waals surface area contributed by atoms with Gasteiger partial charge in [-0.3, -0.25) is 4.79 Å². The van der Waals surface area contributed by atoms with E-state index in [0.717, 1.165) is 12.0 Å². The molecule has 0 spiro atoms. The lowest BCUT2D eigenvalue weighted by atomic mass is 9.90. The maximum Gasteiger partial charge on any atom is 0.252 e. The van der Waals surface area contributed by atoms with Crippen LogP contribution in [0.25, 0.3) is 0 Å². The number of carbonyl (C=O) groups is 1. The molecule has 0 aliphatic rings. The van der Waals surface area contributed by atoms with E-state index in [0.29, 0.717) is 29.5 Å². The molecule has 1 aromatic carbocycles. The highest BCUT2D eigenvalue weighted by Gasteiger charge is 2.27. The second kappa shape index (κ2) is 7.49. The number of aryl methyl sites for hydroxylation is 1. The Morgan fingerprint density at radius 1 is 1.27 bits per heavy atom. The molecule has 0 bridgehead atoms. The van der Waals surface area contributed by atoms with Crippen LogP contribution < -0.4 is 20.5 Å². The largest absolute Gasteiger partial charge is 0.493 e. The first-order valence-electron chi connectivity index (χ1n) is 7.51. The molecule has 0 saturated heterocycles. The Morgan fingerprint density at radius 3 is 2.27 bits per heavy atom. The minimum absolute atomic E-state index is 0.146. The van der Waals surface area contributed by atoms with Gasteiger partial charge in [-0.2, -0.15) is 0 Å². The Bertz CT molecular complexity index is 529. The first-order chi connectivity index (χ1) is 10.3. The fourth-order valence-corrected chi connectivity index (χ4v) is 2.65.